The number of hydrogen-bond donors (Lipinski definition) is 0. The van der Waals surface area contributed by atoms with E-state index in [1.54, 1.807) is 11.1 Å². The van der Waals surface area contributed by atoms with E-state index in [1.807, 2.05) is 67.9 Å². The molecule has 8 nitrogen and oxygen atoms in total. The van der Waals surface area contributed by atoms with Crippen molar-refractivity contribution in [3.63, 3.8) is 0 Å². The second-order valence-electron chi connectivity index (χ2n) is 9.70. The Morgan fingerprint density at radius 2 is 1.63 bits per heavy atom. The lowest BCUT2D eigenvalue weighted by Gasteiger charge is -2.33. The average Bonchev–Trinajstić information content (AvgIpc) is 3.29. The van der Waals surface area contributed by atoms with E-state index in [1.165, 1.54) is 6.33 Å². The minimum atomic E-state index is -0.499. The van der Waals surface area contributed by atoms with Gasteiger partial charge in [0.05, 0.1) is 12.2 Å². The van der Waals surface area contributed by atoms with E-state index >= 15 is 0 Å². The molecule has 0 aliphatic carbocycles. The lowest BCUT2D eigenvalue weighted by molar-refractivity contribution is 0.0186. The molecule has 180 valence electrons. The standard InChI is InChI=1S/C27H29N5O3/c1-27(2,3)35-26(33)31-15-13-21(14-16-31)32-24-23(17-30-32)25(29-18-28-24)34-22-11-9-20(10-12-22)19-7-5-4-6-8-19/h4-12,17-18,21H,13-16H2,1-3H3. The zero-order valence-corrected chi connectivity index (χ0v) is 20.2. The van der Waals surface area contributed by atoms with Crippen molar-refractivity contribution in [3.8, 4) is 22.8 Å². The average molecular weight is 472 g/mol. The molecule has 0 N–H and O–H groups in total. The van der Waals surface area contributed by atoms with Gasteiger partial charge < -0.3 is 14.4 Å². The molecule has 35 heavy (non-hydrogen) atoms. The molecule has 2 aromatic carbocycles. The van der Waals surface area contributed by atoms with Gasteiger partial charge in [0.2, 0.25) is 5.88 Å². The van der Waals surface area contributed by atoms with Crippen molar-refractivity contribution < 1.29 is 14.3 Å². The molecule has 4 aromatic rings. The van der Waals surface area contributed by atoms with Crippen LogP contribution in [0.5, 0.6) is 11.6 Å². The van der Waals surface area contributed by atoms with E-state index in [4.69, 9.17) is 9.47 Å². The molecule has 3 heterocycles. The molecule has 8 heteroatoms. The Morgan fingerprint density at radius 1 is 0.943 bits per heavy atom. The molecule has 0 bridgehead atoms. The number of carbonyl (C=O) groups excluding carboxylic acids is 1. The van der Waals surface area contributed by atoms with Crippen molar-refractivity contribution in [2.75, 3.05) is 13.1 Å². The Bertz CT molecular complexity index is 1300. The highest BCUT2D eigenvalue weighted by Gasteiger charge is 2.29. The second kappa shape index (κ2) is 9.37. The summed E-state index contributed by atoms with van der Waals surface area (Å²) in [6.45, 7) is 6.87. The Kier molecular flexibility index (Phi) is 6.11. The number of nitrogens with zero attached hydrogens (tertiary/aromatic N) is 5. The van der Waals surface area contributed by atoms with E-state index in [9.17, 15) is 4.79 Å². The maximum Gasteiger partial charge on any atom is 0.410 e. The van der Waals surface area contributed by atoms with Crippen LogP contribution in [0, 0.1) is 0 Å². The number of amides is 1. The van der Waals surface area contributed by atoms with Crippen LogP contribution in [0.1, 0.15) is 39.7 Å². The van der Waals surface area contributed by atoms with Gasteiger partial charge in [0, 0.05) is 13.1 Å². The number of ether oxygens (including phenoxy) is 2. The van der Waals surface area contributed by atoms with Gasteiger partial charge in [0.1, 0.15) is 23.1 Å². The van der Waals surface area contributed by atoms with Gasteiger partial charge in [-0.15, -0.1) is 0 Å². The maximum atomic E-state index is 12.4. The molecule has 2 aromatic heterocycles. The summed E-state index contributed by atoms with van der Waals surface area (Å²) in [6.07, 6.45) is 4.54. The van der Waals surface area contributed by atoms with Gasteiger partial charge in [-0.2, -0.15) is 5.10 Å². The predicted molar refractivity (Wildman–Crippen MR) is 133 cm³/mol. The molecule has 0 saturated carbocycles. The Hall–Kier alpha value is -3.94. The summed E-state index contributed by atoms with van der Waals surface area (Å²) in [5.41, 5.74) is 2.51. The first-order valence-electron chi connectivity index (χ1n) is 11.9. The number of piperidine rings is 1. The Labute approximate surface area is 204 Å². The Morgan fingerprint density at radius 3 is 2.31 bits per heavy atom. The summed E-state index contributed by atoms with van der Waals surface area (Å²) in [7, 11) is 0. The topological polar surface area (TPSA) is 82.4 Å². The van der Waals surface area contributed by atoms with Gasteiger partial charge in [-0.3, -0.25) is 0 Å². The summed E-state index contributed by atoms with van der Waals surface area (Å²) in [4.78, 5) is 23.0. The van der Waals surface area contributed by atoms with E-state index in [0.717, 1.165) is 35.0 Å². The molecule has 0 atom stereocenters. The Balaban J connectivity index is 1.29. The number of aromatic nitrogens is 4. The first-order valence-corrected chi connectivity index (χ1v) is 11.9. The SMILES string of the molecule is CC(C)(C)OC(=O)N1CCC(n2ncc3c(Oc4ccc(-c5ccccc5)cc4)ncnc32)CC1. The lowest BCUT2D eigenvalue weighted by Crippen LogP contribution is -2.42. The number of benzene rings is 2. The van der Waals surface area contributed by atoms with Gasteiger partial charge in [-0.25, -0.2) is 19.4 Å². The largest absolute Gasteiger partial charge is 0.444 e. The van der Waals surface area contributed by atoms with Gasteiger partial charge >= 0.3 is 6.09 Å². The molecular weight excluding hydrogens is 442 g/mol. The fraction of sp³-hybridized carbons (Fsp3) is 0.333. The molecule has 1 amide bonds. The van der Waals surface area contributed by atoms with Gasteiger partial charge in [-0.05, 0) is 56.9 Å². The van der Waals surface area contributed by atoms with E-state index in [-0.39, 0.29) is 12.1 Å². The molecule has 1 aliphatic heterocycles. The first-order chi connectivity index (χ1) is 16.9. The van der Waals surface area contributed by atoms with Crippen LogP contribution >= 0.6 is 0 Å². The fourth-order valence-electron chi connectivity index (χ4n) is 4.27. The van der Waals surface area contributed by atoms with Crippen molar-refractivity contribution >= 4 is 17.1 Å². The van der Waals surface area contributed by atoms with Crippen LogP contribution in [0.15, 0.2) is 67.1 Å². The summed E-state index contributed by atoms with van der Waals surface area (Å²) in [5.74, 6) is 1.17. The third-order valence-electron chi connectivity index (χ3n) is 5.99. The number of fused-ring (bicyclic) bond motifs is 1. The highest BCUT2D eigenvalue weighted by Crippen LogP contribution is 2.31. The quantitative estimate of drug-likeness (QED) is 0.371. The predicted octanol–water partition coefficient (Wildman–Crippen LogP) is 5.86. The van der Waals surface area contributed by atoms with Crippen molar-refractivity contribution in [3.05, 3.63) is 67.1 Å². The molecular formula is C27H29N5O3. The summed E-state index contributed by atoms with van der Waals surface area (Å²) in [5, 5.41) is 5.36. The number of carbonyl (C=O) groups is 1. The molecule has 0 unspecified atom stereocenters. The van der Waals surface area contributed by atoms with Gasteiger partial charge in [-0.1, -0.05) is 42.5 Å². The van der Waals surface area contributed by atoms with Crippen molar-refractivity contribution in [2.24, 2.45) is 0 Å². The molecule has 5 rings (SSSR count). The van der Waals surface area contributed by atoms with Crippen LogP contribution in [0.2, 0.25) is 0 Å². The molecule has 1 fully saturated rings. The van der Waals surface area contributed by atoms with Crippen molar-refractivity contribution in [1.29, 1.82) is 0 Å². The van der Waals surface area contributed by atoms with Crippen LogP contribution in [-0.2, 0) is 4.74 Å². The molecule has 0 spiro atoms. The van der Waals surface area contributed by atoms with Crippen LogP contribution in [0.3, 0.4) is 0 Å². The third kappa shape index (κ3) is 5.11. The highest BCUT2D eigenvalue weighted by molar-refractivity contribution is 5.80. The van der Waals surface area contributed by atoms with Crippen LogP contribution in [0.4, 0.5) is 4.79 Å². The monoisotopic (exact) mass is 471 g/mol. The minimum Gasteiger partial charge on any atom is -0.444 e. The van der Waals surface area contributed by atoms with E-state index < -0.39 is 5.60 Å². The summed E-state index contributed by atoms with van der Waals surface area (Å²) < 4.78 is 13.5. The molecule has 1 aliphatic rings. The van der Waals surface area contributed by atoms with E-state index in [0.29, 0.717) is 24.7 Å². The fourth-order valence-corrected chi connectivity index (χ4v) is 4.27. The van der Waals surface area contributed by atoms with Crippen LogP contribution in [-0.4, -0.2) is 49.4 Å². The smallest absolute Gasteiger partial charge is 0.410 e. The van der Waals surface area contributed by atoms with Gasteiger partial charge in [0.25, 0.3) is 0 Å². The first kappa shape index (κ1) is 22.8. The lowest BCUT2D eigenvalue weighted by atomic mass is 10.1. The van der Waals surface area contributed by atoms with Crippen molar-refractivity contribution in [2.45, 2.75) is 45.3 Å². The number of hydrogen-bond acceptors (Lipinski definition) is 6. The maximum absolute atomic E-state index is 12.4. The summed E-state index contributed by atoms with van der Waals surface area (Å²) in [6, 6.07) is 18.3. The minimum absolute atomic E-state index is 0.138. The zero-order valence-electron chi connectivity index (χ0n) is 20.2. The van der Waals surface area contributed by atoms with Crippen LogP contribution in [0.25, 0.3) is 22.2 Å². The molecule has 0 radical (unpaired) electrons. The highest BCUT2D eigenvalue weighted by atomic mass is 16.6. The second-order valence-corrected chi connectivity index (χ2v) is 9.70. The van der Waals surface area contributed by atoms with Crippen molar-refractivity contribution in [1.82, 2.24) is 24.6 Å². The number of likely N-dealkylation sites (tertiary alicyclic amines) is 1. The number of rotatable bonds is 4. The van der Waals surface area contributed by atoms with Gasteiger partial charge in [0.15, 0.2) is 5.65 Å². The zero-order chi connectivity index (χ0) is 24.4. The summed E-state index contributed by atoms with van der Waals surface area (Å²) >= 11 is 0. The van der Waals surface area contributed by atoms with Crippen LogP contribution < -0.4 is 4.74 Å². The normalized spacial score (nSPS) is 14.8. The molecule has 1 saturated heterocycles. The third-order valence-corrected chi connectivity index (χ3v) is 5.99. The van der Waals surface area contributed by atoms with E-state index in [2.05, 4.69) is 27.2 Å².